The van der Waals surface area contributed by atoms with Crippen molar-refractivity contribution in [2.75, 3.05) is 19.0 Å². The molecule has 0 radical (unpaired) electrons. The Morgan fingerprint density at radius 1 is 1.06 bits per heavy atom. The van der Waals surface area contributed by atoms with Crippen LogP contribution in [0.3, 0.4) is 0 Å². The van der Waals surface area contributed by atoms with Crippen molar-refractivity contribution >= 4 is 11.8 Å². The van der Waals surface area contributed by atoms with Gasteiger partial charge in [0.05, 0.1) is 0 Å². The highest BCUT2D eigenvalue weighted by molar-refractivity contribution is 7.99. The minimum Gasteiger partial charge on any atom is -0.353 e. The fourth-order valence-corrected chi connectivity index (χ4v) is 2.37. The Bertz CT molecular complexity index is 292. The van der Waals surface area contributed by atoms with E-state index >= 15 is 0 Å². The van der Waals surface area contributed by atoms with Crippen LogP contribution in [0.25, 0.3) is 0 Å². The summed E-state index contributed by atoms with van der Waals surface area (Å²) in [4.78, 5) is 1.31. The summed E-state index contributed by atoms with van der Waals surface area (Å²) in [5, 5.41) is 0. The van der Waals surface area contributed by atoms with Gasteiger partial charge in [0.15, 0.2) is 6.29 Å². The van der Waals surface area contributed by atoms with Crippen molar-refractivity contribution in [2.24, 2.45) is 0 Å². The van der Waals surface area contributed by atoms with Crippen molar-refractivity contribution in [3.05, 3.63) is 29.8 Å². The van der Waals surface area contributed by atoms with Crippen molar-refractivity contribution in [1.82, 2.24) is 0 Å². The van der Waals surface area contributed by atoms with Crippen LogP contribution in [-0.4, -0.2) is 25.3 Å². The second-order valence-electron chi connectivity index (χ2n) is 3.79. The summed E-state index contributed by atoms with van der Waals surface area (Å²) in [5.74, 6) is 1.02. The summed E-state index contributed by atoms with van der Waals surface area (Å²) >= 11 is 1.85. The molecule has 0 saturated heterocycles. The molecule has 3 heteroatoms. The molecule has 1 aromatic rings. The molecule has 0 aliphatic rings. The van der Waals surface area contributed by atoms with Gasteiger partial charge in [0, 0.05) is 30.3 Å². The quantitative estimate of drug-likeness (QED) is 0.518. The van der Waals surface area contributed by atoms with Gasteiger partial charge in [0.1, 0.15) is 0 Å². The number of aryl methyl sites for hydroxylation is 1. The highest BCUT2D eigenvalue weighted by atomic mass is 32.2. The van der Waals surface area contributed by atoms with Gasteiger partial charge < -0.3 is 9.47 Å². The first kappa shape index (κ1) is 14.6. The predicted octanol–water partition coefficient (Wildman–Crippen LogP) is 3.88. The van der Waals surface area contributed by atoms with Gasteiger partial charge >= 0.3 is 0 Å². The molecule has 0 heterocycles. The first-order valence-electron chi connectivity index (χ1n) is 6.19. The molecule has 1 rings (SSSR count). The van der Waals surface area contributed by atoms with E-state index in [4.69, 9.17) is 9.47 Å². The minimum atomic E-state index is -0.0528. The first-order chi connectivity index (χ1) is 8.26. The van der Waals surface area contributed by atoms with Gasteiger partial charge in [-0.05, 0) is 32.9 Å². The van der Waals surface area contributed by atoms with Gasteiger partial charge in [0.2, 0.25) is 0 Å². The van der Waals surface area contributed by atoms with Crippen molar-refractivity contribution in [3.8, 4) is 0 Å². The van der Waals surface area contributed by atoms with Crippen molar-refractivity contribution in [2.45, 2.75) is 38.4 Å². The third-order valence-corrected chi connectivity index (χ3v) is 3.39. The van der Waals surface area contributed by atoms with E-state index in [0.717, 1.165) is 12.2 Å². The Balaban J connectivity index is 2.27. The molecule has 0 amide bonds. The SMILES string of the molecule is CCOC(CCSc1ccc(C)cc1)OCC. The second kappa shape index (κ2) is 8.56. The molecule has 0 aromatic heterocycles. The molecule has 1 aromatic carbocycles. The highest BCUT2D eigenvalue weighted by Gasteiger charge is 2.07. The molecule has 0 N–H and O–H groups in total. The van der Waals surface area contributed by atoms with Crippen LogP contribution in [0, 0.1) is 6.92 Å². The highest BCUT2D eigenvalue weighted by Crippen LogP contribution is 2.20. The fraction of sp³-hybridized carbons (Fsp3) is 0.571. The Hall–Kier alpha value is -0.510. The molecule has 0 bridgehead atoms. The number of benzene rings is 1. The molecule has 0 fully saturated rings. The number of hydrogen-bond donors (Lipinski definition) is 0. The van der Waals surface area contributed by atoms with Crippen molar-refractivity contribution in [1.29, 1.82) is 0 Å². The van der Waals surface area contributed by atoms with Crippen molar-refractivity contribution in [3.63, 3.8) is 0 Å². The van der Waals surface area contributed by atoms with E-state index in [0.29, 0.717) is 13.2 Å². The maximum absolute atomic E-state index is 5.50. The van der Waals surface area contributed by atoms with Gasteiger partial charge in [0.25, 0.3) is 0 Å². The van der Waals surface area contributed by atoms with E-state index in [1.807, 2.05) is 25.6 Å². The molecule has 0 aliphatic carbocycles. The monoisotopic (exact) mass is 254 g/mol. The van der Waals surface area contributed by atoms with Crippen LogP contribution in [-0.2, 0) is 9.47 Å². The molecule has 2 nitrogen and oxygen atoms in total. The van der Waals surface area contributed by atoms with Crippen molar-refractivity contribution < 1.29 is 9.47 Å². The van der Waals surface area contributed by atoms with Crippen LogP contribution in [0.4, 0.5) is 0 Å². The molecule has 0 saturated carbocycles. The van der Waals surface area contributed by atoms with Crippen LogP contribution in [0.1, 0.15) is 25.8 Å². The number of rotatable bonds is 8. The second-order valence-corrected chi connectivity index (χ2v) is 4.96. The van der Waals surface area contributed by atoms with Gasteiger partial charge in [-0.3, -0.25) is 0 Å². The van der Waals surface area contributed by atoms with E-state index in [2.05, 4.69) is 31.2 Å². The zero-order chi connectivity index (χ0) is 12.5. The summed E-state index contributed by atoms with van der Waals surface area (Å²) in [6.45, 7) is 7.52. The lowest BCUT2D eigenvalue weighted by Gasteiger charge is -2.16. The van der Waals surface area contributed by atoms with Gasteiger partial charge in [-0.15, -0.1) is 11.8 Å². The molecular weight excluding hydrogens is 232 g/mol. The van der Waals surface area contributed by atoms with E-state index < -0.39 is 0 Å². The Morgan fingerprint density at radius 3 is 2.18 bits per heavy atom. The van der Waals surface area contributed by atoms with E-state index in [9.17, 15) is 0 Å². The standard InChI is InChI=1S/C14H22O2S/c1-4-15-14(16-5-2)10-11-17-13-8-6-12(3)7-9-13/h6-9,14H,4-5,10-11H2,1-3H3. The van der Waals surface area contributed by atoms with Crippen LogP contribution in [0.5, 0.6) is 0 Å². The lowest BCUT2D eigenvalue weighted by atomic mass is 10.2. The Morgan fingerprint density at radius 2 is 1.65 bits per heavy atom. The maximum atomic E-state index is 5.50. The molecule has 0 unspecified atom stereocenters. The molecule has 96 valence electrons. The van der Waals surface area contributed by atoms with Crippen LogP contribution < -0.4 is 0 Å². The van der Waals surface area contributed by atoms with E-state index in [1.165, 1.54) is 10.5 Å². The van der Waals surface area contributed by atoms with E-state index in [-0.39, 0.29) is 6.29 Å². The normalized spacial score (nSPS) is 11.1. The molecular formula is C14H22O2S. The summed E-state index contributed by atoms with van der Waals surface area (Å²) in [6.07, 6.45) is 0.878. The van der Waals surface area contributed by atoms with Crippen LogP contribution in [0.15, 0.2) is 29.2 Å². The molecule has 0 spiro atoms. The minimum absolute atomic E-state index is 0.0528. The number of hydrogen-bond acceptors (Lipinski definition) is 3. The Kier molecular flexibility index (Phi) is 7.33. The summed E-state index contributed by atoms with van der Waals surface area (Å²) < 4.78 is 11.0. The average molecular weight is 254 g/mol. The smallest absolute Gasteiger partial charge is 0.158 e. The lowest BCUT2D eigenvalue weighted by molar-refractivity contribution is -0.136. The van der Waals surface area contributed by atoms with Gasteiger partial charge in [-0.25, -0.2) is 0 Å². The summed E-state index contributed by atoms with van der Waals surface area (Å²) in [5.41, 5.74) is 1.30. The van der Waals surface area contributed by atoms with Crippen LogP contribution >= 0.6 is 11.8 Å². The third kappa shape index (κ3) is 6.10. The average Bonchev–Trinajstić information content (AvgIpc) is 2.32. The molecule has 0 aliphatic heterocycles. The van der Waals surface area contributed by atoms with Crippen LogP contribution in [0.2, 0.25) is 0 Å². The zero-order valence-electron chi connectivity index (χ0n) is 10.9. The Labute approximate surface area is 109 Å². The van der Waals surface area contributed by atoms with Gasteiger partial charge in [-0.1, -0.05) is 17.7 Å². The number of ether oxygens (including phenoxy) is 2. The topological polar surface area (TPSA) is 18.5 Å². The molecule has 0 atom stereocenters. The lowest BCUT2D eigenvalue weighted by Crippen LogP contribution is -2.18. The first-order valence-corrected chi connectivity index (χ1v) is 7.17. The predicted molar refractivity (Wildman–Crippen MR) is 73.6 cm³/mol. The van der Waals surface area contributed by atoms with E-state index in [1.54, 1.807) is 0 Å². The van der Waals surface area contributed by atoms with Gasteiger partial charge in [-0.2, -0.15) is 0 Å². The summed E-state index contributed by atoms with van der Waals surface area (Å²) in [6, 6.07) is 8.61. The zero-order valence-corrected chi connectivity index (χ0v) is 11.8. The largest absolute Gasteiger partial charge is 0.353 e. The molecule has 17 heavy (non-hydrogen) atoms. The fourth-order valence-electron chi connectivity index (χ4n) is 1.49. The maximum Gasteiger partial charge on any atom is 0.158 e. The third-order valence-electron chi connectivity index (χ3n) is 2.35. The number of thioether (sulfide) groups is 1. The summed E-state index contributed by atoms with van der Waals surface area (Å²) in [7, 11) is 0.